The van der Waals surface area contributed by atoms with Crippen LogP contribution in [0.1, 0.15) is 11.1 Å². The molecule has 1 aliphatic heterocycles. The Morgan fingerprint density at radius 3 is 2.50 bits per heavy atom. The molecule has 98 valence electrons. The number of sulfone groups is 2. The number of benzene rings is 1. The molecule has 0 fully saturated rings. The zero-order valence-electron chi connectivity index (χ0n) is 9.75. The van der Waals surface area contributed by atoms with Gasteiger partial charge in [-0.2, -0.15) is 0 Å². The molecule has 2 N–H and O–H groups in total. The summed E-state index contributed by atoms with van der Waals surface area (Å²) in [5.41, 5.74) is 6.53. The third-order valence-electron chi connectivity index (χ3n) is 2.68. The van der Waals surface area contributed by atoms with Crippen LogP contribution in [0, 0.1) is 0 Å². The highest BCUT2D eigenvalue weighted by molar-refractivity contribution is 7.98. The van der Waals surface area contributed by atoms with Gasteiger partial charge in [0.05, 0.1) is 15.6 Å². The molecule has 1 aromatic rings. The van der Waals surface area contributed by atoms with Gasteiger partial charge in [0.25, 0.3) is 0 Å². The Morgan fingerprint density at radius 1 is 1.28 bits per heavy atom. The first-order valence-corrected chi connectivity index (χ1v) is 8.75. The Kier molecular flexibility index (Phi) is 3.08. The lowest BCUT2D eigenvalue weighted by molar-refractivity contribution is 0.596. The predicted molar refractivity (Wildman–Crippen MR) is 69.2 cm³/mol. The molecule has 18 heavy (non-hydrogen) atoms. The van der Waals surface area contributed by atoms with Crippen LogP contribution in [0.25, 0.3) is 6.08 Å². The summed E-state index contributed by atoms with van der Waals surface area (Å²) in [5, 5.41) is 0. The van der Waals surface area contributed by atoms with E-state index in [9.17, 15) is 16.8 Å². The van der Waals surface area contributed by atoms with Crippen molar-refractivity contribution in [3.8, 4) is 0 Å². The standard InChI is InChI=1S/C11H13NO4S2/c1-17(13,14)7-10-5-8-3-2-4-9(6-12)11(8)18(10,15)16/h2-5H,6-7,12H2,1H3. The predicted octanol–water partition coefficient (Wildman–Crippen LogP) is 0.318. The minimum Gasteiger partial charge on any atom is -0.326 e. The molecule has 0 saturated heterocycles. The number of hydrogen-bond donors (Lipinski definition) is 1. The third kappa shape index (κ3) is 2.21. The number of nitrogens with two attached hydrogens (primary N) is 1. The van der Waals surface area contributed by atoms with Crippen LogP contribution in [0.15, 0.2) is 28.0 Å². The first-order chi connectivity index (χ1) is 8.25. The van der Waals surface area contributed by atoms with Crippen molar-refractivity contribution < 1.29 is 16.8 Å². The Bertz CT molecular complexity index is 730. The molecule has 0 atom stereocenters. The van der Waals surface area contributed by atoms with Crippen molar-refractivity contribution in [1.29, 1.82) is 0 Å². The van der Waals surface area contributed by atoms with Crippen molar-refractivity contribution in [2.24, 2.45) is 5.73 Å². The van der Waals surface area contributed by atoms with Crippen LogP contribution in [0.4, 0.5) is 0 Å². The van der Waals surface area contributed by atoms with E-state index in [1.165, 1.54) is 6.08 Å². The highest BCUT2D eigenvalue weighted by atomic mass is 32.2. The highest BCUT2D eigenvalue weighted by Gasteiger charge is 2.33. The summed E-state index contributed by atoms with van der Waals surface area (Å²) in [5.74, 6) is -0.478. The third-order valence-corrected chi connectivity index (χ3v) is 5.69. The quantitative estimate of drug-likeness (QED) is 0.864. The number of fused-ring (bicyclic) bond motifs is 1. The SMILES string of the molecule is CS(=O)(=O)CC1=Cc2cccc(CN)c2S1(=O)=O. The smallest absolute Gasteiger partial charge is 0.204 e. The number of hydrogen-bond acceptors (Lipinski definition) is 5. The summed E-state index contributed by atoms with van der Waals surface area (Å²) in [4.78, 5) is 0.0621. The van der Waals surface area contributed by atoms with Gasteiger partial charge in [0.1, 0.15) is 0 Å². The fourth-order valence-electron chi connectivity index (χ4n) is 1.97. The Morgan fingerprint density at radius 2 is 1.94 bits per heavy atom. The van der Waals surface area contributed by atoms with Gasteiger partial charge in [0, 0.05) is 12.8 Å². The second-order valence-corrected chi connectivity index (χ2v) is 8.30. The molecule has 0 spiro atoms. The molecule has 5 nitrogen and oxygen atoms in total. The summed E-state index contributed by atoms with van der Waals surface area (Å²) in [6.45, 7) is 0.0996. The minimum absolute atomic E-state index is 0.0825. The van der Waals surface area contributed by atoms with Crippen LogP contribution in [-0.2, 0) is 26.2 Å². The molecule has 0 aliphatic carbocycles. The van der Waals surface area contributed by atoms with Gasteiger partial charge < -0.3 is 5.73 Å². The molecule has 1 aromatic carbocycles. The van der Waals surface area contributed by atoms with Gasteiger partial charge in [0.2, 0.25) is 9.84 Å². The summed E-state index contributed by atoms with van der Waals surface area (Å²) < 4.78 is 47.0. The van der Waals surface area contributed by atoms with Crippen molar-refractivity contribution >= 4 is 25.8 Å². The molecule has 0 unspecified atom stereocenters. The van der Waals surface area contributed by atoms with E-state index < -0.39 is 25.4 Å². The van der Waals surface area contributed by atoms with Gasteiger partial charge in [-0.3, -0.25) is 0 Å². The van der Waals surface area contributed by atoms with Gasteiger partial charge in [-0.05, 0) is 17.2 Å². The molecular weight excluding hydrogens is 274 g/mol. The highest BCUT2D eigenvalue weighted by Crippen LogP contribution is 2.35. The molecule has 1 heterocycles. The lowest BCUT2D eigenvalue weighted by Gasteiger charge is -2.07. The second kappa shape index (κ2) is 4.18. The van der Waals surface area contributed by atoms with Gasteiger partial charge >= 0.3 is 0 Å². The molecule has 0 saturated carbocycles. The maximum atomic E-state index is 12.3. The topological polar surface area (TPSA) is 94.3 Å². The van der Waals surface area contributed by atoms with Crippen LogP contribution in [0.2, 0.25) is 0 Å². The van der Waals surface area contributed by atoms with Gasteiger partial charge in [-0.1, -0.05) is 18.2 Å². The fraction of sp³-hybridized carbons (Fsp3) is 0.273. The second-order valence-electron chi connectivity index (χ2n) is 4.22. The van der Waals surface area contributed by atoms with E-state index in [1.54, 1.807) is 18.2 Å². The van der Waals surface area contributed by atoms with E-state index in [4.69, 9.17) is 5.73 Å². The van der Waals surface area contributed by atoms with E-state index in [1.807, 2.05) is 0 Å². The van der Waals surface area contributed by atoms with Gasteiger partial charge in [0.15, 0.2) is 9.84 Å². The summed E-state index contributed by atoms with van der Waals surface area (Å²) in [6.07, 6.45) is 2.42. The maximum absolute atomic E-state index is 12.3. The van der Waals surface area contributed by atoms with Crippen molar-refractivity contribution in [3.05, 3.63) is 34.2 Å². The summed E-state index contributed by atoms with van der Waals surface area (Å²) in [6, 6.07) is 4.98. The van der Waals surface area contributed by atoms with Crippen molar-refractivity contribution in [2.75, 3.05) is 12.0 Å². The molecule has 1 aliphatic rings. The first kappa shape index (κ1) is 13.3. The van der Waals surface area contributed by atoms with Crippen LogP contribution in [-0.4, -0.2) is 28.8 Å². The van der Waals surface area contributed by atoms with Crippen LogP contribution in [0.5, 0.6) is 0 Å². The van der Waals surface area contributed by atoms with Gasteiger partial charge in [-0.25, -0.2) is 16.8 Å². The Labute approximate surface area is 106 Å². The fourth-order valence-corrected chi connectivity index (χ4v) is 5.31. The molecule has 2 rings (SSSR count). The van der Waals surface area contributed by atoms with E-state index in [0.29, 0.717) is 11.1 Å². The van der Waals surface area contributed by atoms with Crippen molar-refractivity contribution in [2.45, 2.75) is 11.4 Å². The summed E-state index contributed by atoms with van der Waals surface area (Å²) in [7, 11) is -7.11. The van der Waals surface area contributed by atoms with Crippen LogP contribution in [0.3, 0.4) is 0 Å². The average molecular weight is 287 g/mol. The van der Waals surface area contributed by atoms with Crippen LogP contribution >= 0.6 is 0 Å². The summed E-state index contributed by atoms with van der Waals surface area (Å²) >= 11 is 0. The Balaban J connectivity index is 2.61. The van der Waals surface area contributed by atoms with Gasteiger partial charge in [-0.15, -0.1) is 0 Å². The number of rotatable bonds is 3. The van der Waals surface area contributed by atoms with E-state index in [-0.39, 0.29) is 16.3 Å². The molecule has 0 amide bonds. The maximum Gasteiger partial charge on any atom is 0.204 e. The van der Waals surface area contributed by atoms with E-state index in [0.717, 1.165) is 6.26 Å². The zero-order valence-corrected chi connectivity index (χ0v) is 11.4. The zero-order chi connectivity index (χ0) is 13.6. The minimum atomic E-state index is -3.72. The normalized spacial score (nSPS) is 17.3. The average Bonchev–Trinajstić information content (AvgIpc) is 2.49. The largest absolute Gasteiger partial charge is 0.326 e. The molecular formula is C11H13NO4S2. The lowest BCUT2D eigenvalue weighted by Crippen LogP contribution is -2.13. The molecule has 0 radical (unpaired) electrons. The lowest BCUT2D eigenvalue weighted by atomic mass is 10.1. The van der Waals surface area contributed by atoms with E-state index >= 15 is 0 Å². The Hall–Kier alpha value is -1.18. The van der Waals surface area contributed by atoms with Crippen molar-refractivity contribution in [3.63, 3.8) is 0 Å². The molecule has 7 heteroatoms. The molecule has 0 bridgehead atoms. The van der Waals surface area contributed by atoms with E-state index in [2.05, 4.69) is 0 Å². The van der Waals surface area contributed by atoms with Crippen molar-refractivity contribution in [1.82, 2.24) is 0 Å². The monoisotopic (exact) mass is 287 g/mol. The molecule has 0 aromatic heterocycles. The van der Waals surface area contributed by atoms with Crippen LogP contribution < -0.4 is 5.73 Å². The first-order valence-electron chi connectivity index (χ1n) is 5.21.